The number of allylic oxidation sites excluding steroid dienone is 1. The normalized spacial score (nSPS) is 21.0. The molecule has 0 bridgehead atoms. The van der Waals surface area contributed by atoms with Crippen LogP contribution in [0.2, 0.25) is 0 Å². The van der Waals surface area contributed by atoms with E-state index in [4.69, 9.17) is 10.7 Å². The topological polar surface area (TPSA) is 84.0 Å². The SMILES string of the molecule is CNC1(CCN(C)C)C=CC(Nc2nccc(-c3cn(C)c4ccccc34)n2)=CC1N. The monoisotopic (exact) mass is 417 g/mol. The molecule has 0 spiro atoms. The summed E-state index contributed by atoms with van der Waals surface area (Å²) in [7, 11) is 8.16. The molecule has 0 saturated heterocycles. The average Bonchev–Trinajstić information content (AvgIpc) is 3.11. The van der Waals surface area contributed by atoms with Gasteiger partial charge in [0.15, 0.2) is 0 Å². The first-order valence-corrected chi connectivity index (χ1v) is 10.6. The van der Waals surface area contributed by atoms with Gasteiger partial charge in [-0.05, 0) is 58.4 Å². The van der Waals surface area contributed by atoms with Crippen molar-refractivity contribution in [3.05, 3.63) is 66.7 Å². The Morgan fingerprint density at radius 1 is 1.23 bits per heavy atom. The third kappa shape index (κ3) is 4.25. The molecule has 31 heavy (non-hydrogen) atoms. The van der Waals surface area contributed by atoms with Crippen molar-refractivity contribution in [2.45, 2.75) is 18.0 Å². The first-order valence-electron chi connectivity index (χ1n) is 10.6. The van der Waals surface area contributed by atoms with Crippen LogP contribution in [0.1, 0.15) is 6.42 Å². The molecule has 2 atom stereocenters. The number of rotatable bonds is 7. The second kappa shape index (κ2) is 8.63. The van der Waals surface area contributed by atoms with Gasteiger partial charge in [0.25, 0.3) is 0 Å². The second-order valence-corrected chi connectivity index (χ2v) is 8.39. The Labute approximate surface area is 183 Å². The first kappa shape index (κ1) is 21.2. The zero-order chi connectivity index (χ0) is 22.0. The lowest BCUT2D eigenvalue weighted by Crippen LogP contribution is -2.57. The third-order valence-electron chi connectivity index (χ3n) is 6.04. The predicted molar refractivity (Wildman–Crippen MR) is 128 cm³/mol. The van der Waals surface area contributed by atoms with E-state index in [0.29, 0.717) is 5.95 Å². The van der Waals surface area contributed by atoms with Crippen molar-refractivity contribution >= 4 is 16.9 Å². The molecule has 0 aliphatic heterocycles. The standard InChI is InChI=1S/C24H31N7/c1-26-24(12-14-30(2)3)11-9-17(15-22(24)25)28-23-27-13-10-20(29-23)19-16-31(4)21-8-6-5-7-18(19)21/h5-11,13,15-16,22,26H,12,14,25H2,1-4H3,(H,27,28,29). The number of nitrogens with two attached hydrogens (primary N) is 1. The summed E-state index contributed by atoms with van der Waals surface area (Å²) in [5.41, 5.74) is 10.3. The Balaban J connectivity index is 1.56. The number of hydrogen-bond acceptors (Lipinski definition) is 6. The molecule has 7 heteroatoms. The van der Waals surface area contributed by atoms with Crippen molar-refractivity contribution in [1.29, 1.82) is 0 Å². The van der Waals surface area contributed by atoms with Crippen LogP contribution in [0, 0.1) is 0 Å². The molecular formula is C24H31N7. The highest BCUT2D eigenvalue weighted by atomic mass is 15.1. The number of hydrogen-bond donors (Lipinski definition) is 3. The molecule has 2 heterocycles. The van der Waals surface area contributed by atoms with Crippen LogP contribution in [-0.2, 0) is 7.05 Å². The number of para-hydroxylation sites is 1. The molecule has 0 saturated carbocycles. The summed E-state index contributed by atoms with van der Waals surface area (Å²) in [5.74, 6) is 0.554. The molecule has 0 radical (unpaired) electrons. The molecule has 3 aromatic rings. The Morgan fingerprint density at radius 3 is 2.77 bits per heavy atom. The number of nitrogens with one attached hydrogen (secondary N) is 2. The molecule has 4 rings (SSSR count). The van der Waals surface area contributed by atoms with E-state index in [9.17, 15) is 0 Å². The van der Waals surface area contributed by atoms with Crippen LogP contribution in [0.5, 0.6) is 0 Å². The minimum atomic E-state index is -0.263. The van der Waals surface area contributed by atoms with Gasteiger partial charge in [-0.15, -0.1) is 0 Å². The number of aryl methyl sites for hydroxylation is 1. The van der Waals surface area contributed by atoms with E-state index >= 15 is 0 Å². The summed E-state index contributed by atoms with van der Waals surface area (Å²) < 4.78 is 2.12. The number of likely N-dealkylation sites (N-methyl/N-ethyl adjacent to an activating group) is 1. The number of benzene rings is 1. The highest BCUT2D eigenvalue weighted by Gasteiger charge is 2.33. The van der Waals surface area contributed by atoms with Gasteiger partial charge < -0.3 is 25.8 Å². The summed E-state index contributed by atoms with van der Waals surface area (Å²) in [5, 5.41) is 7.92. The lowest BCUT2D eigenvalue weighted by Gasteiger charge is -2.38. The van der Waals surface area contributed by atoms with Crippen LogP contribution in [0.3, 0.4) is 0 Å². The van der Waals surface area contributed by atoms with Crippen LogP contribution >= 0.6 is 0 Å². The minimum Gasteiger partial charge on any atom is -0.350 e. The lowest BCUT2D eigenvalue weighted by atomic mass is 9.83. The molecule has 2 unspecified atom stereocenters. The van der Waals surface area contributed by atoms with E-state index in [1.54, 1.807) is 6.20 Å². The summed E-state index contributed by atoms with van der Waals surface area (Å²) in [6, 6.07) is 10.1. The number of anilines is 1. The fourth-order valence-corrected chi connectivity index (χ4v) is 4.11. The largest absolute Gasteiger partial charge is 0.350 e. The van der Waals surface area contributed by atoms with Gasteiger partial charge >= 0.3 is 0 Å². The molecule has 0 fully saturated rings. The van der Waals surface area contributed by atoms with E-state index in [-0.39, 0.29) is 11.6 Å². The first-order chi connectivity index (χ1) is 14.9. The molecule has 1 aliphatic carbocycles. The summed E-state index contributed by atoms with van der Waals surface area (Å²) in [6.07, 6.45) is 11.1. The second-order valence-electron chi connectivity index (χ2n) is 8.39. The Hall–Kier alpha value is -3.00. The Morgan fingerprint density at radius 2 is 2.03 bits per heavy atom. The van der Waals surface area contributed by atoms with E-state index in [1.807, 2.05) is 25.3 Å². The molecule has 7 nitrogen and oxygen atoms in total. The van der Waals surface area contributed by atoms with Gasteiger partial charge in [-0.1, -0.05) is 24.3 Å². The maximum atomic E-state index is 6.55. The number of fused-ring (bicyclic) bond motifs is 1. The summed E-state index contributed by atoms with van der Waals surface area (Å²) in [6.45, 7) is 0.950. The molecule has 2 aromatic heterocycles. The van der Waals surface area contributed by atoms with Crippen LogP contribution in [0.4, 0.5) is 5.95 Å². The van der Waals surface area contributed by atoms with Gasteiger partial charge in [-0.2, -0.15) is 0 Å². The molecule has 1 aliphatic rings. The molecule has 162 valence electrons. The maximum Gasteiger partial charge on any atom is 0.227 e. The molecule has 1 aromatic carbocycles. The van der Waals surface area contributed by atoms with Gasteiger partial charge in [-0.25, -0.2) is 9.97 Å². The van der Waals surface area contributed by atoms with E-state index in [0.717, 1.165) is 29.9 Å². The van der Waals surface area contributed by atoms with Crippen LogP contribution < -0.4 is 16.4 Å². The minimum absolute atomic E-state index is 0.161. The van der Waals surface area contributed by atoms with Crippen LogP contribution in [0.15, 0.2) is 66.7 Å². The van der Waals surface area contributed by atoms with E-state index < -0.39 is 0 Å². The van der Waals surface area contributed by atoms with Gasteiger partial charge in [0.2, 0.25) is 5.95 Å². The Bertz CT molecular complexity index is 1130. The third-order valence-corrected chi connectivity index (χ3v) is 6.04. The fourth-order valence-electron chi connectivity index (χ4n) is 4.11. The van der Waals surface area contributed by atoms with Crippen molar-refractivity contribution in [3.8, 4) is 11.3 Å². The van der Waals surface area contributed by atoms with E-state index in [2.05, 4.69) is 82.8 Å². The molecular weight excluding hydrogens is 386 g/mol. The maximum absolute atomic E-state index is 6.55. The highest BCUT2D eigenvalue weighted by Crippen LogP contribution is 2.29. The number of aromatic nitrogens is 3. The summed E-state index contributed by atoms with van der Waals surface area (Å²) in [4.78, 5) is 11.4. The van der Waals surface area contributed by atoms with Crippen molar-refractivity contribution in [1.82, 2.24) is 24.8 Å². The zero-order valence-electron chi connectivity index (χ0n) is 18.6. The van der Waals surface area contributed by atoms with Crippen LogP contribution in [0.25, 0.3) is 22.2 Å². The van der Waals surface area contributed by atoms with Crippen molar-refractivity contribution < 1.29 is 0 Å². The lowest BCUT2D eigenvalue weighted by molar-refractivity contribution is 0.300. The van der Waals surface area contributed by atoms with Gasteiger partial charge in [0.1, 0.15) is 0 Å². The Kier molecular flexibility index (Phi) is 5.91. The molecule has 4 N–H and O–H groups in total. The number of nitrogens with zero attached hydrogens (tertiary/aromatic N) is 4. The quantitative estimate of drug-likeness (QED) is 0.548. The van der Waals surface area contributed by atoms with Crippen molar-refractivity contribution in [3.63, 3.8) is 0 Å². The van der Waals surface area contributed by atoms with E-state index in [1.165, 1.54) is 10.9 Å². The van der Waals surface area contributed by atoms with Crippen LogP contribution in [-0.4, -0.2) is 58.7 Å². The average molecular weight is 418 g/mol. The molecule has 0 amide bonds. The van der Waals surface area contributed by atoms with Gasteiger partial charge in [0, 0.05) is 47.6 Å². The van der Waals surface area contributed by atoms with Gasteiger partial charge in [-0.3, -0.25) is 0 Å². The summed E-state index contributed by atoms with van der Waals surface area (Å²) >= 11 is 0. The smallest absolute Gasteiger partial charge is 0.227 e. The zero-order valence-corrected chi connectivity index (χ0v) is 18.6. The highest BCUT2D eigenvalue weighted by molar-refractivity contribution is 5.95. The fraction of sp³-hybridized carbons (Fsp3) is 0.333. The van der Waals surface area contributed by atoms with Crippen molar-refractivity contribution in [2.75, 3.05) is 33.0 Å². The predicted octanol–water partition coefficient (Wildman–Crippen LogP) is 2.74. The van der Waals surface area contributed by atoms with Crippen molar-refractivity contribution in [2.24, 2.45) is 12.8 Å². The van der Waals surface area contributed by atoms with Gasteiger partial charge in [0.05, 0.1) is 11.2 Å².